The van der Waals surface area contributed by atoms with Gasteiger partial charge in [0.05, 0.1) is 21.8 Å². The second-order valence-electron chi connectivity index (χ2n) is 16.9. The Morgan fingerprint density at radius 3 is 1.75 bits per heavy atom. The van der Waals surface area contributed by atoms with Crippen molar-refractivity contribution in [3.05, 3.63) is 64.3 Å². The van der Waals surface area contributed by atoms with Crippen molar-refractivity contribution >= 4 is 34.8 Å². The smallest absolute Gasteiger partial charge is 0.351 e. The maximum absolute atomic E-state index is 14.7. The molecular weight excluding hydrogens is 656 g/mol. The van der Waals surface area contributed by atoms with Crippen molar-refractivity contribution in [3.63, 3.8) is 0 Å². The van der Waals surface area contributed by atoms with Gasteiger partial charge in [0.2, 0.25) is 11.2 Å². The Morgan fingerprint density at radius 2 is 1.24 bits per heavy atom. The molecule has 2 saturated carbocycles. The number of esters is 4. The molecule has 0 amide bonds. The van der Waals surface area contributed by atoms with Crippen LogP contribution in [0.2, 0.25) is 0 Å². The van der Waals surface area contributed by atoms with Gasteiger partial charge in [0.25, 0.3) is 0 Å². The number of carbonyl (C=O) groups is 4. The Morgan fingerprint density at radius 1 is 0.686 bits per heavy atom. The summed E-state index contributed by atoms with van der Waals surface area (Å²) in [4.78, 5) is 69.1. The summed E-state index contributed by atoms with van der Waals surface area (Å²) in [6, 6.07) is 13.6. The van der Waals surface area contributed by atoms with E-state index in [1.165, 1.54) is 6.07 Å². The fraction of sp³-hybridized carbons (Fsp3) is 0.525. The van der Waals surface area contributed by atoms with Crippen molar-refractivity contribution in [1.82, 2.24) is 0 Å². The van der Waals surface area contributed by atoms with E-state index in [0.717, 1.165) is 0 Å². The monoisotopic (exact) mass is 698 g/mol. The average Bonchev–Trinajstić information content (AvgIpc) is 3.54. The van der Waals surface area contributed by atoms with Gasteiger partial charge in [-0.05, 0) is 65.5 Å². The highest BCUT2D eigenvalue weighted by Crippen LogP contribution is 2.67. The Kier molecular flexibility index (Phi) is 6.57. The van der Waals surface area contributed by atoms with Crippen LogP contribution in [0.15, 0.2) is 57.7 Å². The standard InChI is InChI=1S/C40H42O11/c1-34(2)29(48-33(45)40-19-17-38(8,31(43)51-40)36(40,5)6)28(47-32(44)39-18-16-37(7,30(42)50-39)35(39,3)4)26-24(49-34)15-14-22-23(41)20-25(46-27(22)26)21-12-10-9-11-13-21/h9-15,20,28-29H,16-19H2,1-8H3/t28-,29-,37+,38+,39-,40-/m1/s1. The van der Waals surface area contributed by atoms with Crippen LogP contribution in [-0.4, -0.2) is 46.8 Å². The Balaban J connectivity index is 1.30. The first kappa shape index (κ1) is 33.5. The van der Waals surface area contributed by atoms with E-state index in [1.807, 2.05) is 45.9 Å². The van der Waals surface area contributed by atoms with Gasteiger partial charge >= 0.3 is 23.9 Å². The van der Waals surface area contributed by atoms with Crippen LogP contribution >= 0.6 is 0 Å². The van der Waals surface area contributed by atoms with E-state index in [-0.39, 0.29) is 46.3 Å². The molecule has 4 bridgehead atoms. The van der Waals surface area contributed by atoms with Crippen LogP contribution in [0.25, 0.3) is 22.3 Å². The van der Waals surface area contributed by atoms with E-state index >= 15 is 0 Å². The third kappa shape index (κ3) is 3.92. The van der Waals surface area contributed by atoms with Crippen LogP contribution in [0.3, 0.4) is 0 Å². The molecule has 3 aromatic rings. The van der Waals surface area contributed by atoms with Crippen molar-refractivity contribution in [2.45, 2.75) is 110 Å². The van der Waals surface area contributed by atoms with E-state index in [4.69, 9.17) is 28.1 Å². The third-order valence-corrected chi connectivity index (χ3v) is 13.9. The largest absolute Gasteiger partial charge is 0.483 e. The minimum atomic E-state index is -1.62. The molecular formula is C40H42O11. The van der Waals surface area contributed by atoms with Crippen molar-refractivity contribution in [3.8, 4) is 17.1 Å². The molecule has 2 aliphatic carbocycles. The molecule has 11 heteroatoms. The maximum atomic E-state index is 14.7. The van der Waals surface area contributed by atoms with Gasteiger partial charge in [-0.3, -0.25) is 14.4 Å². The first-order valence-electron chi connectivity index (χ1n) is 17.5. The molecule has 5 aliphatic rings. The van der Waals surface area contributed by atoms with Gasteiger partial charge in [0.15, 0.2) is 17.6 Å². The lowest BCUT2D eigenvalue weighted by atomic mass is 9.66. The molecule has 2 aromatic carbocycles. The van der Waals surface area contributed by atoms with Crippen LogP contribution < -0.4 is 10.2 Å². The highest BCUT2D eigenvalue weighted by atomic mass is 16.7. The van der Waals surface area contributed by atoms with Gasteiger partial charge in [-0.15, -0.1) is 0 Å². The fourth-order valence-electron chi connectivity index (χ4n) is 9.33. The molecule has 4 fully saturated rings. The molecule has 51 heavy (non-hydrogen) atoms. The van der Waals surface area contributed by atoms with Crippen molar-refractivity contribution in [1.29, 1.82) is 0 Å². The predicted molar refractivity (Wildman–Crippen MR) is 181 cm³/mol. The molecule has 0 unspecified atom stereocenters. The normalized spacial score (nSPS) is 34.7. The zero-order chi connectivity index (χ0) is 36.7. The van der Waals surface area contributed by atoms with Crippen LogP contribution in [-0.2, 0) is 38.1 Å². The molecule has 0 N–H and O–H groups in total. The summed E-state index contributed by atoms with van der Waals surface area (Å²) < 4.78 is 37.6. The zero-order valence-corrected chi connectivity index (χ0v) is 30.1. The number of carbonyl (C=O) groups excluding carboxylic acids is 4. The summed E-state index contributed by atoms with van der Waals surface area (Å²) >= 11 is 0. The SMILES string of the molecule is CC1(C)Oc2ccc3c(=O)cc(-c4ccccc4)oc3c2[C@@H](OC(=O)[C@@]23CC[C@@](C)(C(=O)O2)C3(C)C)[C@H]1OC(=O)[C@@]12CC[C@@](C)(C(=O)O1)C2(C)C. The van der Waals surface area contributed by atoms with E-state index < -0.39 is 74.5 Å². The van der Waals surface area contributed by atoms with Crippen molar-refractivity contribution < 1.29 is 47.3 Å². The summed E-state index contributed by atoms with van der Waals surface area (Å²) in [6.45, 7) is 14.3. The average molecular weight is 699 g/mol. The zero-order valence-electron chi connectivity index (χ0n) is 30.1. The molecule has 11 nitrogen and oxygen atoms in total. The number of ether oxygens (including phenoxy) is 5. The van der Waals surface area contributed by atoms with Crippen LogP contribution in [0.5, 0.6) is 5.75 Å². The summed E-state index contributed by atoms with van der Waals surface area (Å²) in [5.41, 5.74) is -7.65. The number of fused-ring (bicyclic) bond motifs is 7. The molecule has 1 aromatic heterocycles. The lowest BCUT2D eigenvalue weighted by Crippen LogP contribution is -2.57. The highest BCUT2D eigenvalue weighted by molar-refractivity contribution is 5.95. The molecule has 8 rings (SSSR count). The second-order valence-corrected chi connectivity index (χ2v) is 16.9. The molecule has 0 spiro atoms. The van der Waals surface area contributed by atoms with Crippen molar-refractivity contribution in [2.75, 3.05) is 0 Å². The fourth-order valence-corrected chi connectivity index (χ4v) is 9.33. The van der Waals surface area contributed by atoms with Gasteiger partial charge in [-0.2, -0.15) is 0 Å². The number of rotatable bonds is 5. The van der Waals surface area contributed by atoms with Crippen LogP contribution in [0, 0.1) is 21.7 Å². The highest BCUT2D eigenvalue weighted by Gasteiger charge is 2.78. The Labute approximate surface area is 294 Å². The van der Waals surface area contributed by atoms with Crippen molar-refractivity contribution in [2.24, 2.45) is 21.7 Å². The summed E-state index contributed by atoms with van der Waals surface area (Å²) in [5.74, 6) is -2.04. The second kappa shape index (κ2) is 10.0. The van der Waals surface area contributed by atoms with Crippen LogP contribution in [0.4, 0.5) is 0 Å². The van der Waals surface area contributed by atoms with E-state index in [1.54, 1.807) is 52.0 Å². The Bertz CT molecular complexity index is 2130. The topological polar surface area (TPSA) is 145 Å². The van der Waals surface area contributed by atoms with Crippen LogP contribution in [0.1, 0.15) is 92.7 Å². The van der Waals surface area contributed by atoms with E-state index in [0.29, 0.717) is 18.4 Å². The molecule has 3 aliphatic heterocycles. The number of hydrogen-bond acceptors (Lipinski definition) is 11. The molecule has 6 atom stereocenters. The summed E-state index contributed by atoms with van der Waals surface area (Å²) in [6.07, 6.45) is -1.40. The molecule has 4 heterocycles. The van der Waals surface area contributed by atoms with Gasteiger partial charge < -0.3 is 28.1 Å². The Hall–Kier alpha value is -4.67. The van der Waals surface area contributed by atoms with E-state index in [2.05, 4.69) is 0 Å². The van der Waals surface area contributed by atoms with Gasteiger partial charge in [0.1, 0.15) is 22.7 Å². The summed E-state index contributed by atoms with van der Waals surface area (Å²) in [7, 11) is 0. The molecule has 268 valence electrons. The first-order valence-corrected chi connectivity index (χ1v) is 17.5. The van der Waals surface area contributed by atoms with Gasteiger partial charge in [-0.25, -0.2) is 9.59 Å². The van der Waals surface area contributed by atoms with E-state index in [9.17, 15) is 24.0 Å². The van der Waals surface area contributed by atoms with Gasteiger partial charge in [-0.1, -0.05) is 58.0 Å². The molecule has 0 radical (unpaired) electrons. The maximum Gasteiger partial charge on any atom is 0.351 e. The summed E-state index contributed by atoms with van der Waals surface area (Å²) in [5, 5.41) is 0.193. The quantitative estimate of drug-likeness (QED) is 0.217. The first-order chi connectivity index (χ1) is 23.8. The lowest BCUT2D eigenvalue weighted by molar-refractivity contribution is -0.217. The third-order valence-electron chi connectivity index (χ3n) is 13.9. The lowest BCUT2D eigenvalue weighted by Gasteiger charge is -2.45. The predicted octanol–water partition coefficient (Wildman–Crippen LogP) is 6.37. The number of hydrogen-bond donors (Lipinski definition) is 0. The minimum Gasteiger partial charge on any atom is -0.483 e. The minimum absolute atomic E-state index is 0.0869. The molecule has 2 saturated heterocycles. The van der Waals surface area contributed by atoms with Gasteiger partial charge in [0, 0.05) is 22.5 Å². The number of benzene rings is 2.